The Labute approximate surface area is 114 Å². The molecule has 0 bridgehead atoms. The van der Waals surface area contributed by atoms with Crippen LogP contribution in [0, 0.1) is 18.6 Å². The van der Waals surface area contributed by atoms with Crippen LogP contribution in [0.4, 0.5) is 8.78 Å². The third-order valence-electron chi connectivity index (χ3n) is 2.81. The molecule has 1 rings (SSSR count). The summed E-state index contributed by atoms with van der Waals surface area (Å²) in [5.74, 6) is -1.57. The Hall–Kier alpha value is -1.00. The highest BCUT2D eigenvalue weighted by Gasteiger charge is 2.21. The molecular weight excluding hydrogens is 248 g/mol. The number of likely N-dealkylation sites (N-methyl/N-ethyl adjacent to an activating group) is 1. The zero-order valence-electron chi connectivity index (χ0n) is 12.3. The van der Waals surface area contributed by atoms with Crippen LogP contribution >= 0.6 is 0 Å². The summed E-state index contributed by atoms with van der Waals surface area (Å²) in [6.45, 7) is 10.2. The molecule has 0 spiro atoms. The predicted molar refractivity (Wildman–Crippen MR) is 73.2 cm³/mol. The number of hydrogen-bond donors (Lipinski definition) is 1. The molecule has 1 N–H and O–H groups in total. The van der Waals surface area contributed by atoms with Gasteiger partial charge in [-0.05, 0) is 39.8 Å². The van der Waals surface area contributed by atoms with Gasteiger partial charge in [-0.2, -0.15) is 0 Å². The summed E-state index contributed by atoms with van der Waals surface area (Å²) < 4.78 is 33.3. The maximum absolute atomic E-state index is 14.0. The lowest BCUT2D eigenvalue weighted by atomic mass is 10.0. The number of ether oxygens (including phenoxy) is 1. The number of hydrogen-bond acceptors (Lipinski definition) is 2. The van der Waals surface area contributed by atoms with E-state index in [1.54, 1.807) is 19.1 Å². The van der Waals surface area contributed by atoms with Crippen molar-refractivity contribution < 1.29 is 13.5 Å². The number of aryl methyl sites for hydroxylation is 1. The van der Waals surface area contributed by atoms with E-state index in [2.05, 4.69) is 5.32 Å². The molecule has 0 saturated carbocycles. The van der Waals surface area contributed by atoms with Crippen LogP contribution in [0.3, 0.4) is 0 Å². The molecule has 0 heterocycles. The second kappa shape index (κ2) is 6.44. The zero-order chi connectivity index (χ0) is 14.6. The first kappa shape index (κ1) is 16.1. The van der Waals surface area contributed by atoms with Gasteiger partial charge in [-0.3, -0.25) is 0 Å². The monoisotopic (exact) mass is 271 g/mol. The molecule has 4 heteroatoms. The highest BCUT2D eigenvalue weighted by atomic mass is 19.2. The molecule has 0 radical (unpaired) electrons. The van der Waals surface area contributed by atoms with E-state index >= 15 is 0 Å². The van der Waals surface area contributed by atoms with Crippen molar-refractivity contribution in [3.8, 4) is 0 Å². The molecule has 0 amide bonds. The van der Waals surface area contributed by atoms with E-state index in [-0.39, 0.29) is 11.6 Å². The van der Waals surface area contributed by atoms with Crippen molar-refractivity contribution in [3.63, 3.8) is 0 Å². The van der Waals surface area contributed by atoms with E-state index in [4.69, 9.17) is 4.74 Å². The van der Waals surface area contributed by atoms with Gasteiger partial charge in [0.05, 0.1) is 18.2 Å². The van der Waals surface area contributed by atoms with Gasteiger partial charge in [0.15, 0.2) is 11.6 Å². The van der Waals surface area contributed by atoms with Gasteiger partial charge in [-0.1, -0.05) is 19.1 Å². The molecular formula is C15H23F2NO. The lowest BCUT2D eigenvalue weighted by Crippen LogP contribution is -2.31. The van der Waals surface area contributed by atoms with Gasteiger partial charge in [-0.15, -0.1) is 0 Å². The van der Waals surface area contributed by atoms with Crippen molar-refractivity contribution in [2.24, 2.45) is 0 Å². The number of halogens is 2. The summed E-state index contributed by atoms with van der Waals surface area (Å²) in [6.07, 6.45) is 0. The van der Waals surface area contributed by atoms with Gasteiger partial charge >= 0.3 is 0 Å². The van der Waals surface area contributed by atoms with Gasteiger partial charge in [0, 0.05) is 5.56 Å². The standard InChI is InChI=1S/C15H23F2NO/c1-6-18-12(9-19-15(3,4)5)11-8-7-10(2)13(16)14(11)17/h7-8,12,18H,6,9H2,1-5H3. The number of nitrogens with one attached hydrogen (secondary N) is 1. The van der Waals surface area contributed by atoms with Crippen LogP contribution in [0.5, 0.6) is 0 Å². The number of benzene rings is 1. The Bertz CT molecular complexity index is 427. The van der Waals surface area contributed by atoms with Crippen molar-refractivity contribution in [2.75, 3.05) is 13.2 Å². The predicted octanol–water partition coefficient (Wildman–Crippen LogP) is 3.74. The first-order valence-corrected chi connectivity index (χ1v) is 6.58. The summed E-state index contributed by atoms with van der Waals surface area (Å²) in [6, 6.07) is 2.86. The van der Waals surface area contributed by atoms with Crippen LogP contribution < -0.4 is 5.32 Å². The van der Waals surface area contributed by atoms with E-state index in [9.17, 15) is 8.78 Å². The molecule has 1 aromatic rings. The molecule has 0 aliphatic rings. The lowest BCUT2D eigenvalue weighted by Gasteiger charge is -2.25. The fourth-order valence-corrected chi connectivity index (χ4v) is 1.77. The lowest BCUT2D eigenvalue weighted by molar-refractivity contribution is -0.0150. The van der Waals surface area contributed by atoms with Crippen LogP contribution in [0.15, 0.2) is 12.1 Å². The summed E-state index contributed by atoms with van der Waals surface area (Å²) in [5.41, 5.74) is 0.315. The Morgan fingerprint density at radius 2 is 1.84 bits per heavy atom. The van der Waals surface area contributed by atoms with Gasteiger partial charge in [0.1, 0.15) is 0 Å². The highest BCUT2D eigenvalue weighted by Crippen LogP contribution is 2.23. The molecule has 108 valence electrons. The van der Waals surface area contributed by atoms with E-state index in [0.717, 1.165) is 0 Å². The molecule has 1 aromatic carbocycles. The van der Waals surface area contributed by atoms with Crippen molar-refractivity contribution in [2.45, 2.75) is 46.3 Å². The quantitative estimate of drug-likeness (QED) is 0.881. The molecule has 2 nitrogen and oxygen atoms in total. The first-order valence-electron chi connectivity index (χ1n) is 6.58. The van der Waals surface area contributed by atoms with Crippen molar-refractivity contribution >= 4 is 0 Å². The van der Waals surface area contributed by atoms with E-state index in [1.165, 1.54) is 0 Å². The first-order chi connectivity index (χ1) is 8.76. The van der Waals surface area contributed by atoms with Gasteiger partial charge in [0.2, 0.25) is 0 Å². The summed E-state index contributed by atoms with van der Waals surface area (Å²) >= 11 is 0. The van der Waals surface area contributed by atoms with Crippen molar-refractivity contribution in [1.82, 2.24) is 5.32 Å². The average Bonchev–Trinajstić information content (AvgIpc) is 2.31. The van der Waals surface area contributed by atoms with Crippen LogP contribution in [-0.4, -0.2) is 18.8 Å². The molecule has 1 atom stereocenters. The molecule has 0 aromatic heterocycles. The summed E-state index contributed by atoms with van der Waals surface area (Å²) in [4.78, 5) is 0. The second-order valence-electron chi connectivity index (χ2n) is 5.63. The Morgan fingerprint density at radius 1 is 1.21 bits per heavy atom. The Morgan fingerprint density at radius 3 is 2.37 bits per heavy atom. The average molecular weight is 271 g/mol. The Balaban J connectivity index is 2.96. The maximum atomic E-state index is 14.0. The van der Waals surface area contributed by atoms with Crippen LogP contribution in [0.2, 0.25) is 0 Å². The van der Waals surface area contributed by atoms with Crippen molar-refractivity contribution in [1.29, 1.82) is 0 Å². The van der Waals surface area contributed by atoms with E-state index < -0.39 is 11.6 Å². The molecule has 0 aliphatic carbocycles. The molecule has 19 heavy (non-hydrogen) atoms. The van der Waals surface area contributed by atoms with Crippen LogP contribution in [0.25, 0.3) is 0 Å². The minimum Gasteiger partial charge on any atom is -0.374 e. The van der Waals surface area contributed by atoms with Crippen LogP contribution in [0.1, 0.15) is 44.9 Å². The number of rotatable bonds is 5. The third-order valence-corrected chi connectivity index (χ3v) is 2.81. The largest absolute Gasteiger partial charge is 0.374 e. The highest BCUT2D eigenvalue weighted by molar-refractivity contribution is 5.28. The molecule has 0 saturated heterocycles. The van der Waals surface area contributed by atoms with Gasteiger partial charge < -0.3 is 10.1 Å². The van der Waals surface area contributed by atoms with Gasteiger partial charge in [-0.25, -0.2) is 8.78 Å². The molecule has 0 fully saturated rings. The minimum atomic E-state index is -0.788. The maximum Gasteiger partial charge on any atom is 0.163 e. The minimum absolute atomic E-state index is 0.302. The summed E-state index contributed by atoms with van der Waals surface area (Å²) in [5, 5.41) is 3.13. The summed E-state index contributed by atoms with van der Waals surface area (Å²) in [7, 11) is 0. The molecule has 0 aliphatic heterocycles. The SMILES string of the molecule is CCNC(COC(C)(C)C)c1ccc(C)c(F)c1F. The van der Waals surface area contributed by atoms with Crippen LogP contribution in [-0.2, 0) is 4.74 Å². The fraction of sp³-hybridized carbons (Fsp3) is 0.600. The molecule has 1 unspecified atom stereocenters. The van der Waals surface area contributed by atoms with Gasteiger partial charge in [0.25, 0.3) is 0 Å². The second-order valence-corrected chi connectivity index (χ2v) is 5.63. The van der Waals surface area contributed by atoms with E-state index in [1.807, 2.05) is 27.7 Å². The third kappa shape index (κ3) is 4.55. The Kier molecular flexibility index (Phi) is 5.44. The fourth-order valence-electron chi connectivity index (χ4n) is 1.77. The normalized spacial score (nSPS) is 13.6. The zero-order valence-corrected chi connectivity index (χ0v) is 12.3. The van der Waals surface area contributed by atoms with E-state index in [0.29, 0.717) is 24.3 Å². The van der Waals surface area contributed by atoms with Crippen molar-refractivity contribution in [3.05, 3.63) is 34.9 Å². The smallest absolute Gasteiger partial charge is 0.163 e. The topological polar surface area (TPSA) is 21.3 Å².